The topological polar surface area (TPSA) is 70.1 Å². The summed E-state index contributed by atoms with van der Waals surface area (Å²) in [5.41, 5.74) is 6.37. The van der Waals surface area contributed by atoms with Crippen LogP contribution < -0.4 is 9.64 Å². The van der Waals surface area contributed by atoms with Crippen molar-refractivity contribution in [3.63, 3.8) is 0 Å². The number of aliphatic hydroxyl groups excluding tert-OH is 1. The van der Waals surface area contributed by atoms with Crippen molar-refractivity contribution in [3.8, 4) is 5.75 Å². The Bertz CT molecular complexity index is 1450. The van der Waals surface area contributed by atoms with Crippen LogP contribution in [0.3, 0.4) is 0 Å². The first-order valence-corrected chi connectivity index (χ1v) is 14.5. The van der Waals surface area contributed by atoms with Crippen LogP contribution in [0.2, 0.25) is 0 Å². The molecule has 1 unspecified atom stereocenters. The molecule has 0 radical (unpaired) electrons. The van der Waals surface area contributed by atoms with Gasteiger partial charge in [0.05, 0.1) is 18.2 Å². The van der Waals surface area contributed by atoms with Gasteiger partial charge in [0.1, 0.15) is 11.5 Å². The lowest BCUT2D eigenvalue weighted by Gasteiger charge is -2.27. The second-order valence-corrected chi connectivity index (χ2v) is 11.3. The molecule has 1 saturated heterocycles. The lowest BCUT2D eigenvalue weighted by atomic mass is 9.94. The second kappa shape index (κ2) is 12.6. The quantitative estimate of drug-likeness (QED) is 0.164. The van der Waals surface area contributed by atoms with Crippen molar-refractivity contribution in [1.29, 1.82) is 0 Å². The molecule has 3 aromatic rings. The number of Topliss-reactive ketones (excluding diaryl/α,β-unsaturated/α-hetero) is 1. The first-order chi connectivity index (χ1) is 19.5. The Morgan fingerprint density at radius 3 is 2.22 bits per heavy atom. The van der Waals surface area contributed by atoms with Gasteiger partial charge in [-0.05, 0) is 93.1 Å². The number of aliphatic hydroxyl groups is 1. The maximum absolute atomic E-state index is 13.6. The smallest absolute Gasteiger partial charge is 0.295 e. The summed E-state index contributed by atoms with van der Waals surface area (Å²) < 4.78 is 5.91. The molecular formula is C35H42N2O4. The Morgan fingerprint density at radius 2 is 1.61 bits per heavy atom. The fourth-order valence-electron chi connectivity index (χ4n) is 5.37. The average molecular weight is 555 g/mol. The Morgan fingerprint density at radius 1 is 0.927 bits per heavy atom. The highest BCUT2D eigenvalue weighted by atomic mass is 16.5. The van der Waals surface area contributed by atoms with Crippen LogP contribution in [0.15, 0.2) is 66.2 Å². The number of nitrogens with zero attached hydrogens (tertiary/aromatic N) is 2. The number of rotatable bonds is 10. The van der Waals surface area contributed by atoms with Crippen molar-refractivity contribution in [2.24, 2.45) is 5.92 Å². The van der Waals surface area contributed by atoms with E-state index in [0.29, 0.717) is 18.1 Å². The van der Waals surface area contributed by atoms with Gasteiger partial charge in [-0.3, -0.25) is 9.59 Å². The molecule has 1 amide bonds. The molecule has 1 aliphatic heterocycles. The van der Waals surface area contributed by atoms with Crippen LogP contribution in [0.4, 0.5) is 5.69 Å². The van der Waals surface area contributed by atoms with E-state index in [1.165, 1.54) is 0 Å². The van der Waals surface area contributed by atoms with Gasteiger partial charge < -0.3 is 19.6 Å². The Balaban J connectivity index is 1.82. The SMILES string of the molecule is CCN(CC)c1ccc(C2/C(=C(/O)c3ccc(OCC(C)C)c(C)c3)C(=O)C(=O)N2Cc2cc(C)ccc2C)cc1. The van der Waals surface area contributed by atoms with E-state index in [1.807, 2.05) is 69.3 Å². The number of benzene rings is 3. The molecule has 41 heavy (non-hydrogen) atoms. The van der Waals surface area contributed by atoms with Crippen LogP contribution >= 0.6 is 0 Å². The van der Waals surface area contributed by atoms with Crippen molar-refractivity contribution in [2.45, 2.75) is 61.1 Å². The molecule has 0 bridgehead atoms. The van der Waals surface area contributed by atoms with Crippen LogP contribution in [-0.2, 0) is 16.1 Å². The van der Waals surface area contributed by atoms with E-state index >= 15 is 0 Å². The molecule has 0 spiro atoms. The van der Waals surface area contributed by atoms with E-state index in [-0.39, 0.29) is 17.9 Å². The van der Waals surface area contributed by atoms with Crippen LogP contribution in [0.25, 0.3) is 5.76 Å². The van der Waals surface area contributed by atoms with E-state index in [2.05, 4.69) is 38.7 Å². The third kappa shape index (κ3) is 6.32. The molecule has 1 fully saturated rings. The summed E-state index contributed by atoms with van der Waals surface area (Å²) in [6.07, 6.45) is 0. The lowest BCUT2D eigenvalue weighted by molar-refractivity contribution is -0.140. The number of hydrogen-bond acceptors (Lipinski definition) is 5. The summed E-state index contributed by atoms with van der Waals surface area (Å²) in [5.74, 6) is -0.358. The highest BCUT2D eigenvalue weighted by Crippen LogP contribution is 2.41. The predicted molar refractivity (Wildman–Crippen MR) is 165 cm³/mol. The molecule has 6 nitrogen and oxygen atoms in total. The summed E-state index contributed by atoms with van der Waals surface area (Å²) in [7, 11) is 0. The molecule has 0 saturated carbocycles. The normalized spacial score (nSPS) is 16.5. The standard InChI is InChI=1S/C35H42N2O4/c1-8-36(9-2)29-15-12-26(13-16-29)32-31(33(38)27-14-17-30(25(7)19-27)41-21-22(3)4)34(39)35(40)37(32)20-28-18-23(5)10-11-24(28)6/h10-19,22,32,38H,8-9,20-21H2,1-7H3/b33-31-. The summed E-state index contributed by atoms with van der Waals surface area (Å²) in [6, 6.07) is 18.7. The molecule has 3 aromatic carbocycles. The zero-order chi connectivity index (χ0) is 29.8. The first kappa shape index (κ1) is 29.9. The van der Waals surface area contributed by atoms with Gasteiger partial charge in [0.2, 0.25) is 0 Å². The fourth-order valence-corrected chi connectivity index (χ4v) is 5.37. The zero-order valence-electron chi connectivity index (χ0n) is 25.3. The Labute approximate surface area is 244 Å². The van der Waals surface area contributed by atoms with Crippen molar-refractivity contribution in [2.75, 3.05) is 24.6 Å². The third-order valence-corrected chi connectivity index (χ3v) is 7.74. The molecule has 216 valence electrons. The van der Waals surface area contributed by atoms with E-state index < -0.39 is 17.7 Å². The molecular weight excluding hydrogens is 512 g/mol. The van der Waals surface area contributed by atoms with Crippen molar-refractivity contribution in [3.05, 3.63) is 99.6 Å². The molecule has 6 heteroatoms. The van der Waals surface area contributed by atoms with Gasteiger partial charge >= 0.3 is 0 Å². The van der Waals surface area contributed by atoms with Crippen LogP contribution in [0.1, 0.15) is 67.1 Å². The molecule has 4 rings (SSSR count). The third-order valence-electron chi connectivity index (χ3n) is 7.74. The van der Waals surface area contributed by atoms with Crippen molar-refractivity contribution < 1.29 is 19.4 Å². The van der Waals surface area contributed by atoms with E-state index in [9.17, 15) is 14.7 Å². The molecule has 0 aliphatic carbocycles. The number of aryl methyl sites for hydroxylation is 3. The maximum Gasteiger partial charge on any atom is 0.295 e. The van der Waals surface area contributed by atoms with Gasteiger partial charge in [0, 0.05) is 30.9 Å². The van der Waals surface area contributed by atoms with E-state index in [4.69, 9.17) is 4.74 Å². The minimum absolute atomic E-state index is 0.103. The average Bonchev–Trinajstić information content (AvgIpc) is 3.19. The van der Waals surface area contributed by atoms with Gasteiger partial charge in [-0.2, -0.15) is 0 Å². The number of carbonyl (C=O) groups is 2. The lowest BCUT2D eigenvalue weighted by Crippen LogP contribution is -2.29. The Kier molecular flexibility index (Phi) is 9.21. The zero-order valence-corrected chi connectivity index (χ0v) is 25.3. The molecule has 0 aromatic heterocycles. The Hall–Kier alpha value is -4.06. The molecule has 1 heterocycles. The largest absolute Gasteiger partial charge is 0.507 e. The highest BCUT2D eigenvalue weighted by molar-refractivity contribution is 6.46. The first-order valence-electron chi connectivity index (χ1n) is 14.5. The van der Waals surface area contributed by atoms with E-state index in [0.717, 1.165) is 52.3 Å². The van der Waals surface area contributed by atoms with Gasteiger partial charge in [-0.15, -0.1) is 0 Å². The van der Waals surface area contributed by atoms with Gasteiger partial charge in [0.25, 0.3) is 11.7 Å². The van der Waals surface area contributed by atoms with E-state index in [1.54, 1.807) is 11.0 Å². The number of amides is 1. The van der Waals surface area contributed by atoms with Crippen LogP contribution in [-0.4, -0.2) is 41.4 Å². The van der Waals surface area contributed by atoms with Crippen LogP contribution in [0.5, 0.6) is 5.75 Å². The van der Waals surface area contributed by atoms with Crippen LogP contribution in [0, 0.1) is 26.7 Å². The minimum Gasteiger partial charge on any atom is -0.507 e. The number of hydrogen-bond donors (Lipinski definition) is 1. The van der Waals surface area contributed by atoms with Gasteiger partial charge in [0.15, 0.2) is 0 Å². The molecule has 1 atom stereocenters. The number of ether oxygens (including phenoxy) is 1. The van der Waals surface area contributed by atoms with Crippen molar-refractivity contribution in [1.82, 2.24) is 4.90 Å². The second-order valence-electron chi connectivity index (χ2n) is 11.3. The summed E-state index contributed by atoms with van der Waals surface area (Å²) in [6.45, 7) is 16.9. The molecule has 1 aliphatic rings. The number of anilines is 1. The van der Waals surface area contributed by atoms with Gasteiger partial charge in [-0.25, -0.2) is 0 Å². The minimum atomic E-state index is -0.724. The summed E-state index contributed by atoms with van der Waals surface area (Å²) >= 11 is 0. The number of likely N-dealkylation sites (tertiary alicyclic amines) is 1. The number of ketones is 1. The fraction of sp³-hybridized carbons (Fsp3) is 0.371. The maximum atomic E-state index is 13.6. The summed E-state index contributed by atoms with van der Waals surface area (Å²) in [4.78, 5) is 31.0. The van der Waals surface area contributed by atoms with Gasteiger partial charge in [-0.1, -0.05) is 49.7 Å². The predicted octanol–water partition coefficient (Wildman–Crippen LogP) is 7.11. The number of carbonyl (C=O) groups excluding carboxylic acids is 2. The van der Waals surface area contributed by atoms with Crippen molar-refractivity contribution >= 4 is 23.1 Å². The molecule has 1 N–H and O–H groups in total. The summed E-state index contributed by atoms with van der Waals surface area (Å²) in [5, 5.41) is 11.6. The monoisotopic (exact) mass is 554 g/mol. The highest BCUT2D eigenvalue weighted by Gasteiger charge is 2.46.